The van der Waals surface area contributed by atoms with Crippen molar-refractivity contribution in [2.45, 2.75) is 58.0 Å². The Hall–Kier alpha value is -3.16. The topological polar surface area (TPSA) is 0 Å². The van der Waals surface area contributed by atoms with Crippen LogP contribution in [0, 0.1) is 0 Å². The van der Waals surface area contributed by atoms with E-state index in [1.807, 2.05) is 0 Å². The van der Waals surface area contributed by atoms with E-state index in [0.717, 1.165) is 6.42 Å². The fourth-order valence-electron chi connectivity index (χ4n) is 6.47. The molecule has 1 unspecified atom stereocenters. The number of unbranched alkanes of at least 4 members (excludes halogenated alkanes) is 2. The van der Waals surface area contributed by atoms with E-state index < -0.39 is 8.80 Å². The summed E-state index contributed by atoms with van der Waals surface area (Å²) >= 11 is 0. The summed E-state index contributed by atoms with van der Waals surface area (Å²) in [5, 5.41) is 1.62. The smallest absolute Gasteiger partial charge is 0.0671 e. The van der Waals surface area contributed by atoms with Crippen molar-refractivity contribution in [3.63, 3.8) is 0 Å². The van der Waals surface area contributed by atoms with Gasteiger partial charge in [0.05, 0.1) is 8.80 Å². The molecule has 0 aromatic heterocycles. The van der Waals surface area contributed by atoms with Gasteiger partial charge in [-0.05, 0) is 69.3 Å². The van der Waals surface area contributed by atoms with E-state index in [0.29, 0.717) is 5.92 Å². The monoisotopic (exact) mass is 483 g/mol. The zero-order chi connectivity index (χ0) is 24.6. The van der Waals surface area contributed by atoms with Gasteiger partial charge in [-0.3, -0.25) is 0 Å². The second kappa shape index (κ2) is 9.71. The average Bonchev–Trinajstić information content (AvgIpc) is 3.47. The molecule has 0 heterocycles. The first kappa shape index (κ1) is 23.2. The molecule has 36 heavy (non-hydrogen) atoms. The SMILES string of the molecule is CCCCCC1=Cc2c(-c3ccccc3)cccc2C1c1c([Si](C)C)ccc2c1Cc1ccccc1-2. The molecule has 6 rings (SSSR count). The molecule has 0 nitrogen and oxygen atoms in total. The lowest BCUT2D eigenvalue weighted by molar-refractivity contribution is 0.696. The Morgan fingerprint density at radius 3 is 2.33 bits per heavy atom. The Morgan fingerprint density at radius 2 is 1.53 bits per heavy atom. The molecule has 0 N–H and O–H groups in total. The number of fused-ring (bicyclic) bond motifs is 4. The van der Waals surface area contributed by atoms with Crippen LogP contribution < -0.4 is 5.19 Å². The predicted octanol–water partition coefficient (Wildman–Crippen LogP) is 9.00. The molecule has 1 atom stereocenters. The van der Waals surface area contributed by atoms with Gasteiger partial charge < -0.3 is 0 Å². The maximum absolute atomic E-state index is 2.57. The second-order valence-corrected chi connectivity index (χ2v) is 13.2. The first-order chi connectivity index (χ1) is 17.7. The van der Waals surface area contributed by atoms with Crippen LogP contribution in [-0.4, -0.2) is 8.80 Å². The highest BCUT2D eigenvalue weighted by Gasteiger charge is 2.34. The van der Waals surface area contributed by atoms with E-state index in [9.17, 15) is 0 Å². The minimum atomic E-state index is -0.624. The highest BCUT2D eigenvalue weighted by atomic mass is 28.3. The first-order valence-electron chi connectivity index (χ1n) is 13.6. The van der Waals surface area contributed by atoms with Gasteiger partial charge >= 0.3 is 0 Å². The number of hydrogen-bond donors (Lipinski definition) is 0. The van der Waals surface area contributed by atoms with Gasteiger partial charge in [0, 0.05) is 5.92 Å². The van der Waals surface area contributed by atoms with Gasteiger partial charge in [-0.15, -0.1) is 0 Å². The van der Waals surface area contributed by atoms with E-state index in [1.54, 1.807) is 21.9 Å². The van der Waals surface area contributed by atoms with Crippen molar-refractivity contribution in [1.29, 1.82) is 0 Å². The van der Waals surface area contributed by atoms with Crippen molar-refractivity contribution < 1.29 is 0 Å². The van der Waals surface area contributed by atoms with E-state index >= 15 is 0 Å². The van der Waals surface area contributed by atoms with Crippen molar-refractivity contribution in [3.05, 3.63) is 118 Å². The van der Waals surface area contributed by atoms with Gasteiger partial charge in [0.15, 0.2) is 0 Å². The molecule has 0 saturated carbocycles. The maximum Gasteiger partial charge on any atom is 0.0795 e. The summed E-state index contributed by atoms with van der Waals surface area (Å²) in [4.78, 5) is 0. The fourth-order valence-corrected chi connectivity index (χ4v) is 7.72. The van der Waals surface area contributed by atoms with Gasteiger partial charge in [0.2, 0.25) is 0 Å². The Balaban J connectivity index is 1.57. The minimum Gasteiger partial charge on any atom is -0.0671 e. The molecule has 179 valence electrons. The zero-order valence-corrected chi connectivity index (χ0v) is 22.8. The van der Waals surface area contributed by atoms with Gasteiger partial charge in [-0.2, -0.15) is 0 Å². The predicted molar refractivity (Wildman–Crippen MR) is 158 cm³/mol. The fraction of sp³-hybridized carbons (Fsp3) is 0.257. The highest BCUT2D eigenvalue weighted by Crippen LogP contribution is 2.49. The quantitative estimate of drug-likeness (QED) is 0.160. The molecule has 2 aliphatic carbocycles. The largest absolute Gasteiger partial charge is 0.0795 e. The summed E-state index contributed by atoms with van der Waals surface area (Å²) in [6.45, 7) is 7.24. The van der Waals surface area contributed by atoms with Crippen molar-refractivity contribution in [2.24, 2.45) is 0 Å². The lowest BCUT2D eigenvalue weighted by Gasteiger charge is -2.26. The van der Waals surface area contributed by atoms with Crippen LogP contribution in [0.25, 0.3) is 28.3 Å². The van der Waals surface area contributed by atoms with Crippen LogP contribution in [0.4, 0.5) is 0 Å². The van der Waals surface area contributed by atoms with Gasteiger partial charge in [0.1, 0.15) is 0 Å². The normalized spacial score (nSPS) is 15.6. The van der Waals surface area contributed by atoms with Crippen LogP contribution in [0.5, 0.6) is 0 Å². The van der Waals surface area contributed by atoms with Crippen LogP contribution in [-0.2, 0) is 6.42 Å². The van der Waals surface area contributed by atoms with Crippen LogP contribution in [0.2, 0.25) is 13.1 Å². The van der Waals surface area contributed by atoms with Crippen molar-refractivity contribution in [1.82, 2.24) is 0 Å². The number of hydrogen-bond acceptors (Lipinski definition) is 0. The first-order valence-corrected chi connectivity index (χ1v) is 16.1. The molecule has 0 bridgehead atoms. The highest BCUT2D eigenvalue weighted by molar-refractivity contribution is 6.71. The van der Waals surface area contributed by atoms with E-state index in [2.05, 4.69) is 111 Å². The summed E-state index contributed by atoms with van der Waals surface area (Å²) in [7, 11) is -0.624. The van der Waals surface area contributed by atoms with Crippen molar-refractivity contribution in [3.8, 4) is 22.3 Å². The Labute approximate surface area is 218 Å². The molecule has 0 spiro atoms. The zero-order valence-electron chi connectivity index (χ0n) is 21.8. The van der Waals surface area contributed by atoms with Gasteiger partial charge in [-0.1, -0.05) is 135 Å². The molecule has 2 aliphatic rings. The third-order valence-electron chi connectivity index (χ3n) is 8.16. The van der Waals surface area contributed by atoms with Crippen LogP contribution in [0.3, 0.4) is 0 Å². The molecule has 0 saturated heterocycles. The lowest BCUT2D eigenvalue weighted by Crippen LogP contribution is -2.30. The second-order valence-electron chi connectivity index (χ2n) is 10.7. The van der Waals surface area contributed by atoms with Crippen LogP contribution in [0.15, 0.2) is 90.5 Å². The molecule has 4 aromatic rings. The molecule has 4 aromatic carbocycles. The Kier molecular flexibility index (Phi) is 6.27. The van der Waals surface area contributed by atoms with Crippen molar-refractivity contribution in [2.75, 3.05) is 0 Å². The van der Waals surface area contributed by atoms with Gasteiger partial charge in [0.25, 0.3) is 0 Å². The van der Waals surface area contributed by atoms with E-state index in [1.165, 1.54) is 64.6 Å². The molecule has 1 heteroatoms. The summed E-state index contributed by atoms with van der Waals surface area (Å²) in [5.41, 5.74) is 14.9. The molecular formula is C35H35Si. The minimum absolute atomic E-state index is 0.375. The summed E-state index contributed by atoms with van der Waals surface area (Å²) in [5.74, 6) is 0.375. The molecular weight excluding hydrogens is 448 g/mol. The van der Waals surface area contributed by atoms with E-state index in [-0.39, 0.29) is 0 Å². The lowest BCUT2D eigenvalue weighted by atomic mass is 9.82. The van der Waals surface area contributed by atoms with E-state index in [4.69, 9.17) is 0 Å². The summed E-state index contributed by atoms with van der Waals surface area (Å²) < 4.78 is 0. The van der Waals surface area contributed by atoms with Gasteiger partial charge in [-0.25, -0.2) is 0 Å². The number of rotatable bonds is 7. The molecule has 0 fully saturated rings. The third kappa shape index (κ3) is 3.91. The molecule has 1 radical (unpaired) electrons. The van der Waals surface area contributed by atoms with Crippen LogP contribution >= 0.6 is 0 Å². The number of benzene rings is 4. The summed E-state index contributed by atoms with van der Waals surface area (Å²) in [6.07, 6.45) is 8.66. The van der Waals surface area contributed by atoms with Crippen LogP contribution in [0.1, 0.15) is 66.3 Å². The van der Waals surface area contributed by atoms with Crippen molar-refractivity contribution >= 4 is 20.1 Å². The Bertz CT molecular complexity index is 1440. The number of allylic oxidation sites excluding steroid dienone is 1. The maximum atomic E-state index is 2.57. The Morgan fingerprint density at radius 1 is 0.750 bits per heavy atom. The average molecular weight is 484 g/mol. The molecule has 0 aliphatic heterocycles. The molecule has 0 amide bonds. The third-order valence-corrected chi connectivity index (χ3v) is 9.68. The summed E-state index contributed by atoms with van der Waals surface area (Å²) in [6, 6.07) is 31.9. The standard InChI is InChI=1S/C35H35Si/c1-4-5-7-16-26-23-31-27(24-13-8-6-9-14-24)18-12-19-30(31)34(26)35-32-22-25-15-10-11-17-28(25)29(32)20-21-33(35)36(2)3/h6,8-15,17-21,23,34H,4-5,7,16,22H2,1-3H3.